The summed E-state index contributed by atoms with van der Waals surface area (Å²) in [4.78, 5) is 9.49. The molecule has 0 amide bonds. The molecule has 1 fully saturated rings. The number of quaternary nitrogens is 1. The van der Waals surface area contributed by atoms with Gasteiger partial charge in [-0.05, 0) is 24.3 Å². The maximum atomic E-state index is 13.2. The number of fused-ring (bicyclic) bond motifs is 1. The molecule has 5 rings (SSSR count). The van der Waals surface area contributed by atoms with Gasteiger partial charge in [0.25, 0.3) is 0 Å². The van der Waals surface area contributed by atoms with Crippen molar-refractivity contribution in [2.24, 2.45) is 0 Å². The number of thiazole rings is 1. The highest BCUT2D eigenvalue weighted by atomic mass is 32.1. The van der Waals surface area contributed by atoms with Gasteiger partial charge in [0.15, 0.2) is 6.04 Å². The van der Waals surface area contributed by atoms with Crippen molar-refractivity contribution in [2.75, 3.05) is 31.1 Å². The number of nitrogens with one attached hydrogen (secondary N) is 1. The first-order valence-corrected chi connectivity index (χ1v) is 10.4. The van der Waals surface area contributed by atoms with Crippen LogP contribution in [0.2, 0.25) is 0 Å². The maximum Gasteiger partial charge on any atom is 0.235 e. The van der Waals surface area contributed by atoms with E-state index in [9.17, 15) is 9.50 Å². The molecule has 0 bridgehead atoms. The van der Waals surface area contributed by atoms with Crippen LogP contribution in [-0.2, 0) is 0 Å². The molecule has 1 aliphatic rings. The molecule has 8 heteroatoms. The SMILES string of the molecule is Oc1c([C@H](c2ccccc2)[NH+]2CCN(c3ccc(F)cc3)CC2)sc2ncnn12. The zero-order chi connectivity index (χ0) is 19.8. The van der Waals surface area contributed by atoms with Gasteiger partial charge >= 0.3 is 0 Å². The van der Waals surface area contributed by atoms with Gasteiger partial charge in [-0.25, -0.2) is 9.37 Å². The van der Waals surface area contributed by atoms with E-state index in [1.54, 1.807) is 0 Å². The van der Waals surface area contributed by atoms with Crippen LogP contribution in [0.5, 0.6) is 5.88 Å². The first-order chi connectivity index (χ1) is 14.2. The highest BCUT2D eigenvalue weighted by molar-refractivity contribution is 7.17. The maximum absolute atomic E-state index is 13.2. The zero-order valence-electron chi connectivity index (χ0n) is 15.7. The molecule has 6 nitrogen and oxygen atoms in total. The number of piperazine rings is 1. The lowest BCUT2D eigenvalue weighted by molar-refractivity contribution is -0.925. The van der Waals surface area contributed by atoms with E-state index < -0.39 is 0 Å². The van der Waals surface area contributed by atoms with Crippen LogP contribution >= 0.6 is 11.3 Å². The molecule has 1 saturated heterocycles. The molecule has 0 unspecified atom stereocenters. The third-order valence-corrected chi connectivity index (χ3v) is 6.64. The summed E-state index contributed by atoms with van der Waals surface area (Å²) in [5.41, 5.74) is 2.21. The van der Waals surface area contributed by atoms with Gasteiger partial charge in [-0.1, -0.05) is 41.7 Å². The number of anilines is 1. The summed E-state index contributed by atoms with van der Waals surface area (Å²) in [6.07, 6.45) is 1.46. The van der Waals surface area contributed by atoms with Crippen molar-refractivity contribution in [3.63, 3.8) is 0 Å². The van der Waals surface area contributed by atoms with E-state index in [-0.39, 0.29) is 17.7 Å². The van der Waals surface area contributed by atoms with Crippen LogP contribution in [0.25, 0.3) is 4.96 Å². The van der Waals surface area contributed by atoms with Crippen LogP contribution in [0, 0.1) is 5.82 Å². The Morgan fingerprint density at radius 1 is 1.03 bits per heavy atom. The lowest BCUT2D eigenvalue weighted by atomic mass is 10.0. The van der Waals surface area contributed by atoms with Gasteiger partial charge in [0.05, 0.1) is 26.2 Å². The second-order valence-electron chi connectivity index (χ2n) is 7.21. The molecule has 2 aromatic heterocycles. The minimum absolute atomic E-state index is 0.0140. The molecular formula is C21H21FN5OS+. The molecule has 2 N–H and O–H groups in total. The highest BCUT2D eigenvalue weighted by Gasteiger charge is 2.34. The van der Waals surface area contributed by atoms with Gasteiger partial charge in [0.1, 0.15) is 17.0 Å². The molecule has 1 atom stereocenters. The van der Waals surface area contributed by atoms with Crippen LogP contribution in [0.1, 0.15) is 16.5 Å². The molecule has 148 valence electrons. The lowest BCUT2D eigenvalue weighted by Crippen LogP contribution is -3.15. The average Bonchev–Trinajstić information content (AvgIpc) is 3.34. The summed E-state index contributed by atoms with van der Waals surface area (Å²) in [6, 6.07) is 17.0. The van der Waals surface area contributed by atoms with Crippen molar-refractivity contribution in [2.45, 2.75) is 6.04 Å². The summed E-state index contributed by atoms with van der Waals surface area (Å²) >= 11 is 1.49. The fourth-order valence-corrected chi connectivity index (χ4v) is 5.21. The van der Waals surface area contributed by atoms with Gasteiger partial charge in [-0.2, -0.15) is 9.61 Å². The topological polar surface area (TPSA) is 58.1 Å². The van der Waals surface area contributed by atoms with Crippen molar-refractivity contribution in [3.05, 3.63) is 77.2 Å². The standard InChI is InChI=1S/C21H20FN5OS/c22-16-6-8-17(9-7-16)25-10-12-26(13-11-25)18(15-4-2-1-3-5-15)19-20(28)27-21(29-19)23-14-24-27/h1-9,14,18,28H,10-13H2/p+1/t18-/m0/s1. The number of nitrogens with zero attached hydrogens (tertiary/aromatic N) is 4. The Balaban J connectivity index is 1.44. The number of aromatic nitrogens is 3. The molecule has 0 radical (unpaired) electrons. The molecule has 0 aliphatic carbocycles. The van der Waals surface area contributed by atoms with Crippen molar-refractivity contribution in [1.82, 2.24) is 14.6 Å². The first-order valence-electron chi connectivity index (χ1n) is 9.62. The summed E-state index contributed by atoms with van der Waals surface area (Å²) in [6.45, 7) is 3.55. The van der Waals surface area contributed by atoms with E-state index in [2.05, 4.69) is 27.1 Å². The van der Waals surface area contributed by atoms with Gasteiger partial charge in [0.2, 0.25) is 10.8 Å². The Morgan fingerprint density at radius 3 is 2.45 bits per heavy atom. The second-order valence-corrected chi connectivity index (χ2v) is 8.22. The number of hydrogen-bond acceptors (Lipinski definition) is 5. The monoisotopic (exact) mass is 410 g/mol. The van der Waals surface area contributed by atoms with Gasteiger partial charge in [-0.3, -0.25) is 0 Å². The average molecular weight is 410 g/mol. The van der Waals surface area contributed by atoms with Crippen molar-refractivity contribution < 1.29 is 14.4 Å². The van der Waals surface area contributed by atoms with Gasteiger partial charge in [-0.15, -0.1) is 0 Å². The molecule has 1 aliphatic heterocycles. The predicted molar refractivity (Wildman–Crippen MR) is 110 cm³/mol. The van der Waals surface area contributed by atoms with E-state index in [1.165, 1.54) is 39.2 Å². The Hall–Kier alpha value is -2.97. The number of halogens is 1. The van der Waals surface area contributed by atoms with Crippen LogP contribution in [-0.4, -0.2) is 45.9 Å². The molecule has 2 aromatic carbocycles. The van der Waals surface area contributed by atoms with Crippen molar-refractivity contribution in [3.8, 4) is 5.88 Å². The van der Waals surface area contributed by atoms with E-state index in [0.29, 0.717) is 4.96 Å². The van der Waals surface area contributed by atoms with Crippen LogP contribution in [0.4, 0.5) is 10.1 Å². The Bertz CT molecular complexity index is 1100. The van der Waals surface area contributed by atoms with Gasteiger partial charge in [0, 0.05) is 11.3 Å². The Labute approximate surface area is 171 Å². The third-order valence-electron chi connectivity index (χ3n) is 5.54. The molecule has 0 saturated carbocycles. The number of rotatable bonds is 4. The lowest BCUT2D eigenvalue weighted by Gasteiger charge is -2.37. The minimum Gasteiger partial charge on any atom is -0.492 e. The van der Waals surface area contributed by atoms with Crippen molar-refractivity contribution in [1.29, 1.82) is 0 Å². The minimum atomic E-state index is -0.214. The number of benzene rings is 2. The first kappa shape index (κ1) is 18.1. The Morgan fingerprint density at radius 2 is 1.76 bits per heavy atom. The second kappa shape index (κ2) is 7.46. The van der Waals surface area contributed by atoms with E-state index in [4.69, 9.17) is 0 Å². The summed E-state index contributed by atoms with van der Waals surface area (Å²) in [5, 5.41) is 14.9. The van der Waals surface area contributed by atoms with E-state index >= 15 is 0 Å². The smallest absolute Gasteiger partial charge is 0.235 e. The largest absolute Gasteiger partial charge is 0.492 e. The van der Waals surface area contributed by atoms with Crippen LogP contribution in [0.3, 0.4) is 0 Å². The molecule has 3 heterocycles. The van der Waals surface area contributed by atoms with Crippen LogP contribution in [0.15, 0.2) is 60.9 Å². The number of aromatic hydroxyl groups is 1. The van der Waals surface area contributed by atoms with E-state index in [1.807, 2.05) is 30.3 Å². The normalized spacial score (nSPS) is 16.4. The summed E-state index contributed by atoms with van der Waals surface area (Å²) in [7, 11) is 0. The van der Waals surface area contributed by atoms with E-state index in [0.717, 1.165) is 42.3 Å². The third kappa shape index (κ3) is 3.34. The van der Waals surface area contributed by atoms with Crippen LogP contribution < -0.4 is 9.80 Å². The highest BCUT2D eigenvalue weighted by Crippen LogP contribution is 2.34. The number of hydrogen-bond donors (Lipinski definition) is 2. The quantitative estimate of drug-likeness (QED) is 0.541. The van der Waals surface area contributed by atoms with Gasteiger partial charge < -0.3 is 14.9 Å². The van der Waals surface area contributed by atoms with Crippen molar-refractivity contribution >= 4 is 22.0 Å². The molecule has 0 spiro atoms. The molecule has 29 heavy (non-hydrogen) atoms. The predicted octanol–water partition coefficient (Wildman–Crippen LogP) is 2.13. The summed E-state index contributed by atoms with van der Waals surface area (Å²) in [5.74, 6) is -0.0428. The Kier molecular flexibility index (Phi) is 4.65. The molecule has 4 aromatic rings. The zero-order valence-corrected chi connectivity index (χ0v) is 16.5. The molecular weight excluding hydrogens is 389 g/mol. The summed E-state index contributed by atoms with van der Waals surface area (Å²) < 4.78 is 14.7. The fraction of sp³-hybridized carbons (Fsp3) is 0.238. The fourth-order valence-electron chi connectivity index (χ4n) is 4.09.